The lowest BCUT2D eigenvalue weighted by Crippen LogP contribution is -2.53. The van der Waals surface area contributed by atoms with Gasteiger partial charge in [0.1, 0.15) is 5.69 Å². The van der Waals surface area contributed by atoms with Crippen LogP contribution in [0.1, 0.15) is 68.1 Å². The van der Waals surface area contributed by atoms with Crippen molar-refractivity contribution in [3.63, 3.8) is 0 Å². The number of nitrogens with zero attached hydrogens (tertiary/aromatic N) is 2. The molecule has 5 nitrogen and oxygen atoms in total. The summed E-state index contributed by atoms with van der Waals surface area (Å²) in [5, 5.41) is 7.65. The summed E-state index contributed by atoms with van der Waals surface area (Å²) in [4.78, 5) is 12.6. The zero-order chi connectivity index (χ0) is 15.9. The summed E-state index contributed by atoms with van der Waals surface area (Å²) in [6.07, 6.45) is 5.74. The molecule has 1 amide bonds. The second kappa shape index (κ2) is 6.03. The lowest BCUT2D eigenvalue weighted by molar-refractivity contribution is 0.0751. The number of hydrogen-bond donors (Lipinski definition) is 2. The molecule has 2 unspecified atom stereocenters. The molecule has 3 rings (SSSR count). The van der Waals surface area contributed by atoms with Gasteiger partial charge in [0.15, 0.2) is 0 Å². The van der Waals surface area contributed by atoms with Gasteiger partial charge in [-0.1, -0.05) is 20.3 Å². The van der Waals surface area contributed by atoms with Crippen LogP contribution in [-0.2, 0) is 7.05 Å². The fourth-order valence-corrected chi connectivity index (χ4v) is 4.38. The highest BCUT2D eigenvalue weighted by Crippen LogP contribution is 2.39. The number of aryl methyl sites for hydroxylation is 1. The summed E-state index contributed by atoms with van der Waals surface area (Å²) < 4.78 is 1.82. The number of carbonyl (C=O) groups excluding carboxylic acids is 1. The summed E-state index contributed by atoms with van der Waals surface area (Å²) in [6.45, 7) is 4.23. The monoisotopic (exact) mass is 304 g/mol. The van der Waals surface area contributed by atoms with E-state index in [1.807, 2.05) is 17.8 Å². The highest BCUT2D eigenvalue weighted by atomic mass is 16.2. The highest BCUT2D eigenvalue weighted by molar-refractivity contribution is 5.92. The molecule has 2 saturated carbocycles. The predicted molar refractivity (Wildman–Crippen MR) is 86.6 cm³/mol. The first-order chi connectivity index (χ1) is 10.5. The van der Waals surface area contributed by atoms with Gasteiger partial charge in [0.25, 0.3) is 5.91 Å². The molecule has 0 aromatic carbocycles. The maximum absolute atomic E-state index is 12.6. The molecule has 0 saturated heterocycles. The first-order valence-electron chi connectivity index (χ1n) is 8.56. The Labute approximate surface area is 132 Å². The molecule has 0 radical (unpaired) electrons. The van der Waals surface area contributed by atoms with Crippen molar-refractivity contribution in [3.8, 4) is 0 Å². The van der Waals surface area contributed by atoms with Crippen molar-refractivity contribution in [1.29, 1.82) is 0 Å². The zero-order valence-electron chi connectivity index (χ0n) is 13.9. The molecule has 2 aliphatic carbocycles. The van der Waals surface area contributed by atoms with Crippen molar-refractivity contribution in [1.82, 2.24) is 15.1 Å². The maximum atomic E-state index is 12.6. The molecule has 5 heteroatoms. The Hall–Kier alpha value is -1.36. The van der Waals surface area contributed by atoms with Crippen molar-refractivity contribution in [2.45, 2.75) is 64.0 Å². The van der Waals surface area contributed by atoms with Crippen LogP contribution in [0.15, 0.2) is 6.07 Å². The Morgan fingerprint density at radius 3 is 2.55 bits per heavy atom. The first kappa shape index (κ1) is 15.5. The lowest BCUT2D eigenvalue weighted by Gasteiger charge is -2.45. The second-order valence-corrected chi connectivity index (χ2v) is 7.41. The molecule has 0 aliphatic heterocycles. The van der Waals surface area contributed by atoms with Crippen molar-refractivity contribution < 1.29 is 4.79 Å². The normalized spacial score (nSPS) is 31.3. The number of aromatic nitrogens is 2. The molecular formula is C17H28N4O. The van der Waals surface area contributed by atoms with E-state index in [9.17, 15) is 4.79 Å². The predicted octanol–water partition coefficient (Wildman–Crippen LogP) is 2.18. The molecule has 2 bridgehead atoms. The summed E-state index contributed by atoms with van der Waals surface area (Å²) in [6, 6.07) is 2.51. The number of hydrogen-bond acceptors (Lipinski definition) is 3. The average molecular weight is 304 g/mol. The Bertz CT molecular complexity index is 537. The van der Waals surface area contributed by atoms with E-state index in [-0.39, 0.29) is 11.9 Å². The van der Waals surface area contributed by atoms with Gasteiger partial charge in [-0.3, -0.25) is 9.48 Å². The van der Waals surface area contributed by atoms with Gasteiger partial charge in [0.05, 0.1) is 0 Å². The summed E-state index contributed by atoms with van der Waals surface area (Å²) in [7, 11) is 1.90. The Balaban J connectivity index is 1.72. The first-order valence-corrected chi connectivity index (χ1v) is 8.56. The van der Waals surface area contributed by atoms with Gasteiger partial charge < -0.3 is 11.1 Å². The Kier molecular flexibility index (Phi) is 4.26. The number of amides is 1. The summed E-state index contributed by atoms with van der Waals surface area (Å²) in [5.41, 5.74) is 7.79. The minimum absolute atomic E-state index is 0.0279. The minimum atomic E-state index is -0.0279. The Morgan fingerprint density at radius 2 is 2.00 bits per heavy atom. The largest absolute Gasteiger partial charge is 0.347 e. The summed E-state index contributed by atoms with van der Waals surface area (Å²) in [5.74, 6) is 1.42. The van der Waals surface area contributed by atoms with Crippen molar-refractivity contribution >= 4 is 5.91 Å². The van der Waals surface area contributed by atoms with Crippen LogP contribution in [0.3, 0.4) is 0 Å². The van der Waals surface area contributed by atoms with Gasteiger partial charge in [0.2, 0.25) is 0 Å². The molecule has 1 aromatic heterocycles. The number of nitrogens with one attached hydrogen (secondary N) is 1. The van der Waals surface area contributed by atoms with E-state index in [2.05, 4.69) is 24.3 Å². The molecule has 3 N–H and O–H groups in total. The smallest absolute Gasteiger partial charge is 0.272 e. The molecule has 1 heterocycles. The molecule has 22 heavy (non-hydrogen) atoms. The molecule has 2 atom stereocenters. The lowest BCUT2D eigenvalue weighted by atomic mass is 9.67. The van der Waals surface area contributed by atoms with Crippen LogP contribution in [0.5, 0.6) is 0 Å². The number of carbonyl (C=O) groups is 1. The van der Waals surface area contributed by atoms with Gasteiger partial charge in [-0.15, -0.1) is 0 Å². The molecule has 0 spiro atoms. The standard InChI is InChI=1S/C17H28N4O/c1-10(2)15-9-14(20-21(15)3)17(22)19-16-11-5-4-6-12(16)8-13(18)7-11/h9-13,16H,4-8,18H2,1-3H3,(H,19,22). The van der Waals surface area contributed by atoms with Crippen molar-refractivity contribution in [2.24, 2.45) is 24.6 Å². The van der Waals surface area contributed by atoms with E-state index >= 15 is 0 Å². The highest BCUT2D eigenvalue weighted by Gasteiger charge is 2.40. The Morgan fingerprint density at radius 1 is 1.36 bits per heavy atom. The topological polar surface area (TPSA) is 72.9 Å². The van der Waals surface area contributed by atoms with E-state index in [1.165, 1.54) is 19.3 Å². The molecule has 2 aliphatic rings. The van der Waals surface area contributed by atoms with Gasteiger partial charge in [0, 0.05) is 24.8 Å². The van der Waals surface area contributed by atoms with Crippen LogP contribution in [0, 0.1) is 11.8 Å². The van der Waals surface area contributed by atoms with Gasteiger partial charge >= 0.3 is 0 Å². The molecule has 122 valence electrons. The van der Waals surface area contributed by atoms with Crippen LogP contribution >= 0.6 is 0 Å². The van der Waals surface area contributed by atoms with Crippen LogP contribution in [0.2, 0.25) is 0 Å². The zero-order valence-corrected chi connectivity index (χ0v) is 13.9. The molecule has 1 aromatic rings. The average Bonchev–Trinajstić information content (AvgIpc) is 2.82. The van der Waals surface area contributed by atoms with Gasteiger partial charge in [-0.2, -0.15) is 5.10 Å². The third kappa shape index (κ3) is 2.91. The third-order valence-corrected chi connectivity index (χ3v) is 5.41. The van der Waals surface area contributed by atoms with Crippen LogP contribution in [-0.4, -0.2) is 27.8 Å². The summed E-state index contributed by atoms with van der Waals surface area (Å²) >= 11 is 0. The third-order valence-electron chi connectivity index (χ3n) is 5.41. The van der Waals surface area contributed by atoms with Gasteiger partial charge in [-0.25, -0.2) is 0 Å². The fraction of sp³-hybridized carbons (Fsp3) is 0.765. The van der Waals surface area contributed by atoms with E-state index in [1.54, 1.807) is 0 Å². The van der Waals surface area contributed by atoms with E-state index in [4.69, 9.17) is 5.73 Å². The maximum Gasteiger partial charge on any atom is 0.272 e. The second-order valence-electron chi connectivity index (χ2n) is 7.41. The minimum Gasteiger partial charge on any atom is -0.347 e. The van der Waals surface area contributed by atoms with Gasteiger partial charge in [-0.05, 0) is 49.5 Å². The van der Waals surface area contributed by atoms with Crippen LogP contribution in [0.4, 0.5) is 0 Å². The molecule has 2 fully saturated rings. The van der Waals surface area contributed by atoms with E-state index < -0.39 is 0 Å². The van der Waals surface area contributed by atoms with Crippen molar-refractivity contribution in [2.75, 3.05) is 0 Å². The number of fused-ring (bicyclic) bond motifs is 2. The molecular weight excluding hydrogens is 276 g/mol. The quantitative estimate of drug-likeness (QED) is 0.899. The number of nitrogens with two attached hydrogens (primary N) is 1. The SMILES string of the molecule is CC(C)c1cc(C(=O)NC2C3CCCC2CC(N)C3)nn1C. The van der Waals surface area contributed by atoms with Crippen LogP contribution < -0.4 is 11.1 Å². The fourth-order valence-electron chi connectivity index (χ4n) is 4.38. The van der Waals surface area contributed by atoms with E-state index in [0.717, 1.165) is 18.5 Å². The van der Waals surface area contributed by atoms with E-state index in [0.29, 0.717) is 29.5 Å². The number of rotatable bonds is 3. The van der Waals surface area contributed by atoms with Crippen LogP contribution in [0.25, 0.3) is 0 Å². The van der Waals surface area contributed by atoms with Crippen molar-refractivity contribution in [3.05, 3.63) is 17.5 Å².